The predicted octanol–water partition coefficient (Wildman–Crippen LogP) is 0.0881. The van der Waals surface area contributed by atoms with Gasteiger partial charge < -0.3 is 21.3 Å². The summed E-state index contributed by atoms with van der Waals surface area (Å²) in [6, 6.07) is 3.43. The van der Waals surface area contributed by atoms with E-state index < -0.39 is 0 Å². The lowest BCUT2D eigenvalue weighted by Gasteiger charge is -2.35. The van der Waals surface area contributed by atoms with Crippen molar-refractivity contribution in [1.82, 2.24) is 5.32 Å². The van der Waals surface area contributed by atoms with Crippen LogP contribution in [0.1, 0.15) is 12.5 Å². The van der Waals surface area contributed by atoms with Crippen LogP contribution in [0.3, 0.4) is 0 Å². The van der Waals surface area contributed by atoms with E-state index in [-0.39, 0.29) is 17.9 Å². The van der Waals surface area contributed by atoms with Crippen molar-refractivity contribution in [2.75, 3.05) is 29.0 Å². The molecule has 1 atom stereocenters. The van der Waals surface area contributed by atoms with Crippen molar-refractivity contribution in [2.45, 2.75) is 19.4 Å². The molecule has 2 aliphatic rings. The molecule has 1 saturated heterocycles. The maximum atomic E-state index is 11.7. The summed E-state index contributed by atoms with van der Waals surface area (Å²) in [6.45, 7) is 3.16. The van der Waals surface area contributed by atoms with E-state index in [1.165, 1.54) is 0 Å². The second-order valence-electron chi connectivity index (χ2n) is 4.95. The first kappa shape index (κ1) is 11.8. The number of hydrogen-bond donors (Lipinski definition) is 3. The van der Waals surface area contributed by atoms with Gasteiger partial charge in [0.15, 0.2) is 0 Å². The molecule has 100 valence electrons. The third-order valence-electron chi connectivity index (χ3n) is 3.69. The average molecular weight is 260 g/mol. The van der Waals surface area contributed by atoms with Crippen LogP contribution in [0, 0.1) is 0 Å². The summed E-state index contributed by atoms with van der Waals surface area (Å²) in [5, 5.41) is 5.63. The molecule has 1 unspecified atom stereocenters. The molecule has 6 heteroatoms. The van der Waals surface area contributed by atoms with Crippen LogP contribution < -0.4 is 21.3 Å². The molecule has 2 aliphatic heterocycles. The van der Waals surface area contributed by atoms with Gasteiger partial charge in [-0.1, -0.05) is 0 Å². The molecule has 0 saturated carbocycles. The predicted molar refractivity (Wildman–Crippen MR) is 73.0 cm³/mol. The van der Waals surface area contributed by atoms with Gasteiger partial charge in [-0.15, -0.1) is 0 Å². The Balaban J connectivity index is 1.99. The molecule has 4 N–H and O–H groups in total. The number of rotatable bonds is 1. The molecule has 2 heterocycles. The zero-order chi connectivity index (χ0) is 13.6. The Kier molecular flexibility index (Phi) is 2.58. The Morgan fingerprint density at radius 3 is 2.95 bits per heavy atom. The van der Waals surface area contributed by atoms with Crippen molar-refractivity contribution in [3.63, 3.8) is 0 Å². The third-order valence-corrected chi connectivity index (χ3v) is 3.69. The fourth-order valence-electron chi connectivity index (χ4n) is 2.64. The fraction of sp³-hybridized carbons (Fsp3) is 0.385. The second-order valence-corrected chi connectivity index (χ2v) is 4.95. The molecule has 0 spiro atoms. The van der Waals surface area contributed by atoms with E-state index >= 15 is 0 Å². The number of piperazine rings is 1. The van der Waals surface area contributed by atoms with Crippen LogP contribution >= 0.6 is 0 Å². The van der Waals surface area contributed by atoms with Gasteiger partial charge in [-0.3, -0.25) is 9.59 Å². The van der Waals surface area contributed by atoms with Gasteiger partial charge in [-0.2, -0.15) is 0 Å². The number of nitrogens with zero attached hydrogens (tertiary/aromatic N) is 1. The molecule has 19 heavy (non-hydrogen) atoms. The molecular formula is C13H16N4O2. The Hall–Kier alpha value is -2.24. The molecule has 2 amide bonds. The molecule has 0 radical (unpaired) electrons. The van der Waals surface area contributed by atoms with E-state index in [4.69, 9.17) is 5.73 Å². The topological polar surface area (TPSA) is 87.5 Å². The van der Waals surface area contributed by atoms with E-state index in [1.807, 2.05) is 24.0 Å². The van der Waals surface area contributed by atoms with Crippen molar-refractivity contribution >= 4 is 28.9 Å². The number of nitrogens with two attached hydrogens (primary N) is 1. The molecule has 1 aromatic carbocycles. The molecule has 0 aliphatic carbocycles. The number of carbonyl (C=O) groups is 2. The highest BCUT2D eigenvalue weighted by Crippen LogP contribution is 2.34. The van der Waals surface area contributed by atoms with Crippen molar-refractivity contribution < 1.29 is 9.59 Å². The Bertz CT molecular complexity index is 570. The zero-order valence-corrected chi connectivity index (χ0v) is 10.7. The standard InChI is InChI=1S/C13H16N4O2/c1-7-13(19)15-2-3-17(7)11-6-10-8(4-9(11)14)5-12(18)16-10/h4,6-7H,2-3,5,14H2,1H3,(H,15,19)(H,16,18). The number of anilines is 3. The number of hydrogen-bond acceptors (Lipinski definition) is 4. The van der Waals surface area contributed by atoms with Gasteiger partial charge >= 0.3 is 0 Å². The smallest absolute Gasteiger partial charge is 0.242 e. The number of benzene rings is 1. The van der Waals surface area contributed by atoms with Crippen LogP contribution in [0.5, 0.6) is 0 Å². The lowest BCUT2D eigenvalue weighted by atomic mass is 10.1. The molecular weight excluding hydrogens is 244 g/mol. The normalized spacial score (nSPS) is 21.9. The Morgan fingerprint density at radius 2 is 2.16 bits per heavy atom. The minimum atomic E-state index is -0.258. The highest BCUT2D eigenvalue weighted by Gasteiger charge is 2.28. The highest BCUT2D eigenvalue weighted by molar-refractivity contribution is 6.01. The van der Waals surface area contributed by atoms with Gasteiger partial charge in [0.25, 0.3) is 0 Å². The number of amides is 2. The van der Waals surface area contributed by atoms with Crippen molar-refractivity contribution in [1.29, 1.82) is 0 Å². The molecule has 6 nitrogen and oxygen atoms in total. The zero-order valence-electron chi connectivity index (χ0n) is 10.7. The van der Waals surface area contributed by atoms with Crippen LogP contribution in [0.2, 0.25) is 0 Å². The molecule has 0 bridgehead atoms. The van der Waals surface area contributed by atoms with Gasteiger partial charge in [0.1, 0.15) is 6.04 Å². The SMILES string of the molecule is CC1C(=O)NCCN1c1cc2c(cc1N)CC(=O)N2. The Morgan fingerprint density at radius 1 is 1.37 bits per heavy atom. The van der Waals surface area contributed by atoms with E-state index in [9.17, 15) is 9.59 Å². The van der Waals surface area contributed by atoms with Gasteiger partial charge in [0, 0.05) is 18.8 Å². The molecule has 1 aromatic rings. The van der Waals surface area contributed by atoms with Gasteiger partial charge in [0.2, 0.25) is 11.8 Å². The van der Waals surface area contributed by atoms with Gasteiger partial charge in [-0.05, 0) is 24.6 Å². The summed E-state index contributed by atoms with van der Waals surface area (Å²) in [7, 11) is 0. The molecule has 1 fully saturated rings. The highest BCUT2D eigenvalue weighted by atomic mass is 16.2. The first-order chi connectivity index (χ1) is 9.06. The van der Waals surface area contributed by atoms with Crippen molar-refractivity contribution in [2.24, 2.45) is 0 Å². The van der Waals surface area contributed by atoms with Gasteiger partial charge in [0.05, 0.1) is 17.8 Å². The van der Waals surface area contributed by atoms with Crippen LogP contribution in [0.4, 0.5) is 17.1 Å². The second kappa shape index (κ2) is 4.15. The summed E-state index contributed by atoms with van der Waals surface area (Å²) in [5.74, 6) is -0.0221. The minimum absolute atomic E-state index is 0.00446. The van der Waals surface area contributed by atoms with Gasteiger partial charge in [-0.25, -0.2) is 0 Å². The van der Waals surface area contributed by atoms with Crippen LogP contribution in [-0.4, -0.2) is 30.9 Å². The summed E-state index contributed by atoms with van der Waals surface area (Å²) in [6.07, 6.45) is 0.371. The summed E-state index contributed by atoms with van der Waals surface area (Å²) < 4.78 is 0. The molecule has 3 rings (SSSR count). The third kappa shape index (κ3) is 1.89. The largest absolute Gasteiger partial charge is 0.397 e. The maximum absolute atomic E-state index is 11.7. The van der Waals surface area contributed by atoms with E-state index in [0.29, 0.717) is 25.2 Å². The van der Waals surface area contributed by atoms with Crippen molar-refractivity contribution in [3.05, 3.63) is 17.7 Å². The van der Waals surface area contributed by atoms with Crippen LogP contribution in [0.25, 0.3) is 0 Å². The lowest BCUT2D eigenvalue weighted by Crippen LogP contribution is -2.54. The average Bonchev–Trinajstić information content (AvgIpc) is 2.71. The molecule has 0 aromatic heterocycles. The maximum Gasteiger partial charge on any atom is 0.242 e. The summed E-state index contributed by atoms with van der Waals surface area (Å²) in [4.78, 5) is 25.1. The van der Waals surface area contributed by atoms with E-state index in [1.54, 1.807) is 0 Å². The quantitative estimate of drug-likeness (QED) is 0.624. The Labute approximate surface area is 110 Å². The summed E-state index contributed by atoms with van der Waals surface area (Å²) >= 11 is 0. The number of fused-ring (bicyclic) bond motifs is 1. The van der Waals surface area contributed by atoms with Crippen LogP contribution in [-0.2, 0) is 16.0 Å². The summed E-state index contributed by atoms with van der Waals surface area (Å²) in [5.41, 5.74) is 9.20. The van der Waals surface area contributed by atoms with Crippen molar-refractivity contribution in [3.8, 4) is 0 Å². The first-order valence-electron chi connectivity index (χ1n) is 6.33. The van der Waals surface area contributed by atoms with Crippen LogP contribution in [0.15, 0.2) is 12.1 Å². The van der Waals surface area contributed by atoms with E-state index in [0.717, 1.165) is 16.9 Å². The number of nitrogen functional groups attached to an aromatic ring is 1. The first-order valence-corrected chi connectivity index (χ1v) is 6.33. The monoisotopic (exact) mass is 260 g/mol. The fourth-order valence-corrected chi connectivity index (χ4v) is 2.64. The van der Waals surface area contributed by atoms with E-state index in [2.05, 4.69) is 10.6 Å². The number of nitrogens with one attached hydrogen (secondary N) is 2. The minimum Gasteiger partial charge on any atom is -0.397 e. The lowest BCUT2D eigenvalue weighted by molar-refractivity contribution is -0.122. The number of carbonyl (C=O) groups excluding carboxylic acids is 2.